The lowest BCUT2D eigenvalue weighted by atomic mass is 10.1. The first-order valence-electron chi connectivity index (χ1n) is 4.73. The summed E-state index contributed by atoms with van der Waals surface area (Å²) >= 11 is 0. The minimum absolute atomic E-state index is 0.0841. The molecule has 0 aromatic heterocycles. The molecule has 0 saturated heterocycles. The van der Waals surface area contributed by atoms with Gasteiger partial charge in [-0.3, -0.25) is 4.79 Å². The van der Waals surface area contributed by atoms with Crippen LogP contribution < -0.4 is 5.32 Å². The Morgan fingerprint density at radius 2 is 2.14 bits per heavy atom. The smallest absolute Gasteiger partial charge is 0.162 e. The molecule has 3 nitrogen and oxygen atoms in total. The van der Waals surface area contributed by atoms with E-state index in [-0.39, 0.29) is 5.78 Å². The monoisotopic (exact) mass is 195 g/mol. The highest BCUT2D eigenvalue weighted by molar-refractivity contribution is 5.97. The minimum atomic E-state index is 0.0841. The third-order valence-corrected chi connectivity index (χ3v) is 1.79. The molecule has 78 valence electrons. The van der Waals surface area contributed by atoms with Crippen LogP contribution in [0, 0.1) is 0 Å². The number of aldehydes is 1. The number of unbranched alkanes of at least 4 members (excludes halogenated alkanes) is 1. The number of ketones is 1. The minimum Gasteiger partial charge on any atom is -0.394 e. The summed E-state index contributed by atoms with van der Waals surface area (Å²) in [5.41, 5.74) is 0.685. The first-order valence-corrected chi connectivity index (χ1v) is 4.73. The molecular formula is C11H17NO2. The Balaban J connectivity index is 4.06. The maximum absolute atomic E-state index is 11.5. The Hall–Kier alpha value is -1.38. The van der Waals surface area contributed by atoms with Gasteiger partial charge in [-0.15, -0.1) is 0 Å². The third-order valence-electron chi connectivity index (χ3n) is 1.79. The summed E-state index contributed by atoms with van der Waals surface area (Å²) in [6.45, 7) is 1.83. The number of nitrogens with one attached hydrogen (secondary N) is 1. The van der Waals surface area contributed by atoms with E-state index < -0.39 is 0 Å². The van der Waals surface area contributed by atoms with Gasteiger partial charge >= 0.3 is 0 Å². The van der Waals surface area contributed by atoms with Gasteiger partial charge in [0.2, 0.25) is 0 Å². The Bertz CT molecular complexity index is 242. The average Bonchev–Trinajstić information content (AvgIpc) is 2.19. The van der Waals surface area contributed by atoms with E-state index in [0.29, 0.717) is 24.8 Å². The number of rotatable bonds is 7. The van der Waals surface area contributed by atoms with Crippen LogP contribution in [0.15, 0.2) is 23.9 Å². The van der Waals surface area contributed by atoms with Gasteiger partial charge in [0.15, 0.2) is 5.78 Å². The lowest BCUT2D eigenvalue weighted by Gasteiger charge is -1.99. The van der Waals surface area contributed by atoms with Gasteiger partial charge in [0, 0.05) is 25.5 Å². The fourth-order valence-corrected chi connectivity index (χ4v) is 1.01. The predicted octanol–water partition coefficient (Wildman–Crippen LogP) is 1.60. The molecule has 0 aliphatic rings. The van der Waals surface area contributed by atoms with Gasteiger partial charge in [0.25, 0.3) is 0 Å². The quantitative estimate of drug-likeness (QED) is 0.290. The van der Waals surface area contributed by atoms with Gasteiger partial charge in [-0.05, 0) is 25.6 Å². The van der Waals surface area contributed by atoms with E-state index in [1.807, 2.05) is 6.92 Å². The highest BCUT2D eigenvalue weighted by Gasteiger charge is 2.04. The maximum atomic E-state index is 11.5. The van der Waals surface area contributed by atoms with E-state index in [4.69, 9.17) is 0 Å². The van der Waals surface area contributed by atoms with Crippen LogP contribution in [0.2, 0.25) is 0 Å². The molecule has 0 rings (SSSR count). The van der Waals surface area contributed by atoms with Gasteiger partial charge < -0.3 is 10.1 Å². The molecule has 0 bridgehead atoms. The Morgan fingerprint density at radius 3 is 2.64 bits per heavy atom. The zero-order chi connectivity index (χ0) is 10.8. The fourth-order valence-electron chi connectivity index (χ4n) is 1.01. The van der Waals surface area contributed by atoms with Crippen molar-refractivity contribution in [3.63, 3.8) is 0 Å². The number of carbonyl (C=O) groups excluding carboxylic acids is 2. The molecule has 14 heavy (non-hydrogen) atoms. The fraction of sp³-hybridized carbons (Fsp3) is 0.455. The molecular weight excluding hydrogens is 178 g/mol. The summed E-state index contributed by atoms with van der Waals surface area (Å²) in [6, 6.07) is 0. The molecule has 0 spiro atoms. The van der Waals surface area contributed by atoms with Crippen LogP contribution in [-0.4, -0.2) is 19.1 Å². The molecule has 0 heterocycles. The Kier molecular flexibility index (Phi) is 7.42. The largest absolute Gasteiger partial charge is 0.394 e. The number of carbonyl (C=O) groups is 2. The molecule has 0 saturated carbocycles. The summed E-state index contributed by atoms with van der Waals surface area (Å²) in [5, 5.41) is 2.82. The lowest BCUT2D eigenvalue weighted by Crippen LogP contribution is -2.02. The Labute approximate surface area is 84.9 Å². The van der Waals surface area contributed by atoms with Crippen molar-refractivity contribution in [2.75, 3.05) is 7.05 Å². The molecule has 1 N–H and O–H groups in total. The predicted molar refractivity (Wildman–Crippen MR) is 56.9 cm³/mol. The van der Waals surface area contributed by atoms with E-state index >= 15 is 0 Å². The third kappa shape index (κ3) is 5.30. The van der Waals surface area contributed by atoms with Crippen molar-refractivity contribution in [3.05, 3.63) is 23.9 Å². The molecule has 0 amide bonds. The number of allylic oxidation sites excluding steroid dienone is 3. The van der Waals surface area contributed by atoms with E-state index in [0.717, 1.165) is 6.29 Å². The van der Waals surface area contributed by atoms with Gasteiger partial charge in [0.1, 0.15) is 6.29 Å². The summed E-state index contributed by atoms with van der Waals surface area (Å²) in [7, 11) is 1.78. The van der Waals surface area contributed by atoms with Crippen molar-refractivity contribution < 1.29 is 9.59 Å². The second kappa shape index (κ2) is 8.23. The zero-order valence-electron chi connectivity index (χ0n) is 8.75. The van der Waals surface area contributed by atoms with Crippen LogP contribution in [0.5, 0.6) is 0 Å². The lowest BCUT2D eigenvalue weighted by molar-refractivity contribution is -0.115. The summed E-state index contributed by atoms with van der Waals surface area (Å²) < 4.78 is 0. The number of hydrogen-bond donors (Lipinski definition) is 1. The van der Waals surface area contributed by atoms with Gasteiger partial charge in [-0.2, -0.15) is 0 Å². The van der Waals surface area contributed by atoms with E-state index in [1.165, 1.54) is 0 Å². The standard InChI is InChI=1S/C11H17NO2/c1-3-10(7-8-12-2)11(14)6-4-5-9-13/h3,7-9,12H,4-6H2,1-2H3/b8-7-,10-3+. The second-order valence-corrected chi connectivity index (χ2v) is 2.85. The van der Waals surface area contributed by atoms with E-state index in [1.54, 1.807) is 25.4 Å². The van der Waals surface area contributed by atoms with Crippen molar-refractivity contribution in [1.82, 2.24) is 5.32 Å². The molecule has 0 aliphatic heterocycles. The van der Waals surface area contributed by atoms with Crippen LogP contribution in [0.25, 0.3) is 0 Å². The highest BCUT2D eigenvalue weighted by atomic mass is 16.1. The normalized spacial score (nSPS) is 11.7. The van der Waals surface area contributed by atoms with E-state index in [9.17, 15) is 9.59 Å². The van der Waals surface area contributed by atoms with Crippen molar-refractivity contribution in [2.24, 2.45) is 0 Å². The second-order valence-electron chi connectivity index (χ2n) is 2.85. The van der Waals surface area contributed by atoms with Crippen LogP contribution in [0.4, 0.5) is 0 Å². The van der Waals surface area contributed by atoms with Crippen LogP contribution in [-0.2, 0) is 9.59 Å². The van der Waals surface area contributed by atoms with Crippen LogP contribution >= 0.6 is 0 Å². The zero-order valence-corrected chi connectivity index (χ0v) is 8.75. The SMILES string of the molecule is C/C=C(\C=C/NC)C(=O)CCCC=O. The summed E-state index contributed by atoms with van der Waals surface area (Å²) in [4.78, 5) is 21.5. The van der Waals surface area contributed by atoms with Crippen LogP contribution in [0.1, 0.15) is 26.2 Å². The van der Waals surface area contributed by atoms with Gasteiger partial charge in [-0.1, -0.05) is 6.08 Å². The summed E-state index contributed by atoms with van der Waals surface area (Å²) in [5.74, 6) is 0.0841. The van der Waals surface area contributed by atoms with Gasteiger partial charge in [-0.25, -0.2) is 0 Å². The first kappa shape index (κ1) is 12.6. The number of hydrogen-bond acceptors (Lipinski definition) is 3. The molecule has 3 heteroatoms. The van der Waals surface area contributed by atoms with Crippen molar-refractivity contribution in [2.45, 2.75) is 26.2 Å². The molecule has 0 fully saturated rings. The molecule has 0 atom stereocenters. The van der Waals surface area contributed by atoms with Crippen molar-refractivity contribution in [1.29, 1.82) is 0 Å². The first-order chi connectivity index (χ1) is 6.76. The topological polar surface area (TPSA) is 46.2 Å². The molecule has 0 radical (unpaired) electrons. The Morgan fingerprint density at radius 1 is 1.43 bits per heavy atom. The van der Waals surface area contributed by atoms with Gasteiger partial charge in [0.05, 0.1) is 0 Å². The summed E-state index contributed by atoms with van der Waals surface area (Å²) in [6.07, 6.45) is 7.59. The van der Waals surface area contributed by atoms with Crippen molar-refractivity contribution >= 4 is 12.1 Å². The maximum Gasteiger partial charge on any atom is 0.162 e. The molecule has 0 aromatic carbocycles. The molecule has 0 aliphatic carbocycles. The molecule has 0 unspecified atom stereocenters. The van der Waals surface area contributed by atoms with Crippen LogP contribution in [0.3, 0.4) is 0 Å². The molecule has 0 aromatic rings. The average molecular weight is 195 g/mol. The van der Waals surface area contributed by atoms with E-state index in [2.05, 4.69) is 5.32 Å². The number of Topliss-reactive ketones (excluding diaryl/α,β-unsaturated/α-hetero) is 1. The highest BCUT2D eigenvalue weighted by Crippen LogP contribution is 2.05. The van der Waals surface area contributed by atoms with Crippen molar-refractivity contribution in [3.8, 4) is 0 Å².